The summed E-state index contributed by atoms with van der Waals surface area (Å²) < 4.78 is 25.5. The van der Waals surface area contributed by atoms with E-state index in [1.807, 2.05) is 6.92 Å². The van der Waals surface area contributed by atoms with Gasteiger partial charge in [0, 0.05) is 23.2 Å². The molecular formula is C17H17N5O3S. The van der Waals surface area contributed by atoms with E-state index in [0.29, 0.717) is 35.6 Å². The highest BCUT2D eigenvalue weighted by molar-refractivity contribution is 7.93. The van der Waals surface area contributed by atoms with Gasteiger partial charge in [-0.1, -0.05) is 6.07 Å². The van der Waals surface area contributed by atoms with Crippen molar-refractivity contribution in [1.29, 1.82) is 0 Å². The Morgan fingerprint density at radius 2 is 2.15 bits per heavy atom. The maximum absolute atomic E-state index is 12.6. The van der Waals surface area contributed by atoms with E-state index in [1.165, 1.54) is 10.5 Å². The van der Waals surface area contributed by atoms with Crippen molar-refractivity contribution >= 4 is 38.3 Å². The summed E-state index contributed by atoms with van der Waals surface area (Å²) in [4.78, 5) is 16.8. The fourth-order valence-corrected chi connectivity index (χ4v) is 4.58. The van der Waals surface area contributed by atoms with Gasteiger partial charge in [0.1, 0.15) is 0 Å². The lowest BCUT2D eigenvalue weighted by Gasteiger charge is -2.17. The normalized spacial score (nSPS) is 16.1. The van der Waals surface area contributed by atoms with Crippen molar-refractivity contribution in [2.75, 3.05) is 21.9 Å². The first-order chi connectivity index (χ1) is 12.4. The van der Waals surface area contributed by atoms with Crippen LogP contribution in [-0.2, 0) is 10.0 Å². The lowest BCUT2D eigenvalue weighted by atomic mass is 10.1. The molecule has 0 atom stereocenters. The summed E-state index contributed by atoms with van der Waals surface area (Å²) in [6.45, 7) is 2.32. The number of fused-ring (bicyclic) bond motifs is 1. The van der Waals surface area contributed by atoms with Crippen LogP contribution in [0.25, 0.3) is 11.0 Å². The monoisotopic (exact) mass is 371 g/mol. The van der Waals surface area contributed by atoms with Gasteiger partial charge in [-0.05, 0) is 37.6 Å². The van der Waals surface area contributed by atoms with E-state index in [0.717, 1.165) is 11.1 Å². The summed E-state index contributed by atoms with van der Waals surface area (Å²) in [7, 11) is -3.28. The van der Waals surface area contributed by atoms with Gasteiger partial charge in [0.05, 0.1) is 23.3 Å². The number of sulfonamides is 1. The first-order valence-corrected chi connectivity index (χ1v) is 9.77. The number of hydrogen-bond acceptors (Lipinski definition) is 5. The number of carbonyl (C=O) groups excluding carboxylic acids is 1. The number of carbonyl (C=O) groups is 1. The van der Waals surface area contributed by atoms with E-state index in [4.69, 9.17) is 0 Å². The fourth-order valence-electron chi connectivity index (χ4n) is 3.02. The molecule has 0 spiro atoms. The molecule has 8 nitrogen and oxygen atoms in total. The first-order valence-electron chi connectivity index (χ1n) is 8.16. The number of hydrogen-bond donors (Lipinski definition) is 2. The van der Waals surface area contributed by atoms with E-state index in [2.05, 4.69) is 20.5 Å². The van der Waals surface area contributed by atoms with Gasteiger partial charge in [-0.3, -0.25) is 14.2 Å². The molecule has 3 aromatic rings. The van der Waals surface area contributed by atoms with Gasteiger partial charge in [0.2, 0.25) is 10.0 Å². The molecule has 2 N–H and O–H groups in total. The van der Waals surface area contributed by atoms with Gasteiger partial charge in [-0.2, -0.15) is 5.10 Å². The second-order valence-electron chi connectivity index (χ2n) is 6.19. The molecule has 0 radical (unpaired) electrons. The molecule has 1 fully saturated rings. The second-order valence-corrected chi connectivity index (χ2v) is 8.20. The number of anilines is 2. The molecule has 0 bridgehead atoms. The van der Waals surface area contributed by atoms with Gasteiger partial charge in [0.15, 0.2) is 5.65 Å². The summed E-state index contributed by atoms with van der Waals surface area (Å²) in [6, 6.07) is 8.42. The third-order valence-corrected chi connectivity index (χ3v) is 6.22. The highest BCUT2D eigenvalue weighted by atomic mass is 32.2. The Labute approximate surface area is 150 Å². The largest absolute Gasteiger partial charge is 0.321 e. The third kappa shape index (κ3) is 2.90. The van der Waals surface area contributed by atoms with Crippen molar-refractivity contribution in [3.63, 3.8) is 0 Å². The number of amides is 1. The lowest BCUT2D eigenvalue weighted by Crippen LogP contribution is -2.25. The Kier molecular flexibility index (Phi) is 3.87. The van der Waals surface area contributed by atoms with Crippen LogP contribution >= 0.6 is 0 Å². The Morgan fingerprint density at radius 3 is 2.92 bits per heavy atom. The molecule has 1 aromatic carbocycles. The van der Waals surface area contributed by atoms with E-state index in [9.17, 15) is 13.2 Å². The number of aromatic amines is 1. The number of aromatic nitrogens is 3. The van der Waals surface area contributed by atoms with Crippen LogP contribution in [0.1, 0.15) is 22.5 Å². The minimum absolute atomic E-state index is 0.138. The zero-order valence-electron chi connectivity index (χ0n) is 14.1. The fraction of sp³-hybridized carbons (Fsp3) is 0.235. The molecule has 0 aliphatic carbocycles. The molecule has 2 aromatic heterocycles. The van der Waals surface area contributed by atoms with E-state index in [1.54, 1.807) is 30.3 Å². The third-order valence-electron chi connectivity index (χ3n) is 4.35. The minimum atomic E-state index is -3.28. The maximum atomic E-state index is 12.6. The van der Waals surface area contributed by atoms with Gasteiger partial charge in [-0.25, -0.2) is 13.4 Å². The van der Waals surface area contributed by atoms with Crippen LogP contribution in [0.15, 0.2) is 36.5 Å². The van der Waals surface area contributed by atoms with Crippen LogP contribution in [0.5, 0.6) is 0 Å². The molecule has 9 heteroatoms. The number of nitrogens with zero attached hydrogens (tertiary/aromatic N) is 3. The predicted octanol–water partition coefficient (Wildman–Crippen LogP) is 2.06. The molecule has 1 aliphatic heterocycles. The van der Waals surface area contributed by atoms with Gasteiger partial charge >= 0.3 is 0 Å². The number of pyridine rings is 1. The summed E-state index contributed by atoms with van der Waals surface area (Å²) in [5, 5.41) is 10.5. The Morgan fingerprint density at radius 1 is 1.31 bits per heavy atom. The molecule has 1 saturated heterocycles. The average Bonchev–Trinajstić information content (AvgIpc) is 3.17. The predicted molar refractivity (Wildman–Crippen MR) is 98.8 cm³/mol. The molecule has 1 amide bonds. The standard InChI is InChI=1S/C17H17N5O3S/c1-11-15-9-13(10-18-16(15)21-20-11)19-17(23)12-4-2-5-14(8-12)22-6-3-7-26(22,24)25/h2,4-5,8-10H,3,6-7H2,1H3,(H,19,23)(H,18,20,21). The number of nitrogens with one attached hydrogen (secondary N) is 2. The summed E-state index contributed by atoms with van der Waals surface area (Å²) >= 11 is 0. The highest BCUT2D eigenvalue weighted by Gasteiger charge is 2.28. The zero-order valence-corrected chi connectivity index (χ0v) is 14.9. The second kappa shape index (κ2) is 6.10. The van der Waals surface area contributed by atoms with Crippen LogP contribution < -0.4 is 9.62 Å². The summed E-state index contributed by atoms with van der Waals surface area (Å²) in [5.41, 5.74) is 2.89. The quantitative estimate of drug-likeness (QED) is 0.733. The van der Waals surface area contributed by atoms with Gasteiger partial charge in [-0.15, -0.1) is 0 Å². The van der Waals surface area contributed by atoms with Crippen LogP contribution in [0.2, 0.25) is 0 Å². The van der Waals surface area contributed by atoms with E-state index >= 15 is 0 Å². The molecule has 3 heterocycles. The van der Waals surface area contributed by atoms with E-state index < -0.39 is 10.0 Å². The molecule has 0 unspecified atom stereocenters. The zero-order chi connectivity index (χ0) is 18.3. The molecule has 26 heavy (non-hydrogen) atoms. The number of rotatable bonds is 3. The van der Waals surface area contributed by atoms with E-state index in [-0.39, 0.29) is 11.7 Å². The Bertz CT molecular complexity index is 1110. The highest BCUT2D eigenvalue weighted by Crippen LogP contribution is 2.25. The van der Waals surface area contributed by atoms with Crippen molar-refractivity contribution in [2.24, 2.45) is 0 Å². The minimum Gasteiger partial charge on any atom is -0.321 e. The van der Waals surface area contributed by atoms with Crippen molar-refractivity contribution in [3.05, 3.63) is 47.8 Å². The SMILES string of the molecule is Cc1[nH]nc2ncc(NC(=O)c3cccc(N4CCCS4(=O)=O)c3)cc12. The lowest BCUT2D eigenvalue weighted by molar-refractivity contribution is 0.102. The first kappa shape index (κ1) is 16.5. The van der Waals surface area contributed by atoms with Crippen molar-refractivity contribution in [1.82, 2.24) is 15.2 Å². The van der Waals surface area contributed by atoms with Gasteiger partial charge in [0.25, 0.3) is 5.91 Å². The Balaban J connectivity index is 1.60. The topological polar surface area (TPSA) is 108 Å². The summed E-state index contributed by atoms with van der Waals surface area (Å²) in [6.07, 6.45) is 2.13. The molecular weight excluding hydrogens is 354 g/mol. The summed E-state index contributed by atoms with van der Waals surface area (Å²) in [5.74, 6) is -0.190. The van der Waals surface area contributed by atoms with Crippen LogP contribution in [0, 0.1) is 6.92 Å². The van der Waals surface area contributed by atoms with Crippen molar-refractivity contribution in [3.8, 4) is 0 Å². The molecule has 0 saturated carbocycles. The molecule has 134 valence electrons. The molecule has 4 rings (SSSR count). The maximum Gasteiger partial charge on any atom is 0.255 e. The van der Waals surface area contributed by atoms with Crippen molar-refractivity contribution in [2.45, 2.75) is 13.3 Å². The Hall–Kier alpha value is -2.94. The average molecular weight is 371 g/mol. The number of H-pyrrole nitrogens is 1. The van der Waals surface area contributed by atoms with Crippen molar-refractivity contribution < 1.29 is 13.2 Å². The number of benzene rings is 1. The smallest absolute Gasteiger partial charge is 0.255 e. The number of aryl methyl sites for hydroxylation is 1. The van der Waals surface area contributed by atoms with Crippen LogP contribution in [0.3, 0.4) is 0 Å². The molecule has 1 aliphatic rings. The van der Waals surface area contributed by atoms with Gasteiger partial charge < -0.3 is 5.32 Å². The van der Waals surface area contributed by atoms with Crippen LogP contribution in [-0.4, -0.2) is 41.8 Å². The van der Waals surface area contributed by atoms with Crippen LogP contribution in [0.4, 0.5) is 11.4 Å².